The van der Waals surface area contributed by atoms with E-state index in [1.54, 1.807) is 0 Å². The highest BCUT2D eigenvalue weighted by Gasteiger charge is 2.18. The Morgan fingerprint density at radius 3 is 2.55 bits per heavy atom. The SMILES string of the molecule is CCNCc1ccc2c(c1)CN(Cc1ccccc1)C2. The third-order valence-corrected chi connectivity index (χ3v) is 3.89. The van der Waals surface area contributed by atoms with Crippen molar-refractivity contribution in [2.75, 3.05) is 6.54 Å². The van der Waals surface area contributed by atoms with Crippen LogP contribution < -0.4 is 5.32 Å². The van der Waals surface area contributed by atoms with Crippen molar-refractivity contribution in [1.29, 1.82) is 0 Å². The van der Waals surface area contributed by atoms with Gasteiger partial charge in [0.25, 0.3) is 0 Å². The first kappa shape index (κ1) is 13.3. The first-order valence-corrected chi connectivity index (χ1v) is 7.43. The summed E-state index contributed by atoms with van der Waals surface area (Å²) in [7, 11) is 0. The number of fused-ring (bicyclic) bond motifs is 1. The van der Waals surface area contributed by atoms with E-state index in [1.165, 1.54) is 22.3 Å². The van der Waals surface area contributed by atoms with Gasteiger partial charge in [0.15, 0.2) is 0 Å². The van der Waals surface area contributed by atoms with Gasteiger partial charge in [-0.3, -0.25) is 4.90 Å². The van der Waals surface area contributed by atoms with Crippen LogP contribution in [0.5, 0.6) is 0 Å². The molecule has 0 saturated heterocycles. The van der Waals surface area contributed by atoms with E-state index in [4.69, 9.17) is 0 Å². The molecule has 0 radical (unpaired) electrons. The van der Waals surface area contributed by atoms with Crippen molar-refractivity contribution in [1.82, 2.24) is 10.2 Å². The molecule has 1 aliphatic rings. The Hall–Kier alpha value is -1.64. The summed E-state index contributed by atoms with van der Waals surface area (Å²) in [6, 6.07) is 17.7. The maximum absolute atomic E-state index is 3.39. The lowest BCUT2D eigenvalue weighted by Crippen LogP contribution is -2.15. The molecular weight excluding hydrogens is 244 g/mol. The van der Waals surface area contributed by atoms with Gasteiger partial charge >= 0.3 is 0 Å². The smallest absolute Gasteiger partial charge is 0.0244 e. The van der Waals surface area contributed by atoms with Crippen LogP contribution >= 0.6 is 0 Å². The van der Waals surface area contributed by atoms with Gasteiger partial charge in [0.1, 0.15) is 0 Å². The molecule has 0 atom stereocenters. The summed E-state index contributed by atoms with van der Waals surface area (Å²) in [6.07, 6.45) is 0. The molecule has 2 nitrogen and oxygen atoms in total. The van der Waals surface area contributed by atoms with Crippen LogP contribution in [0, 0.1) is 0 Å². The van der Waals surface area contributed by atoms with Crippen molar-refractivity contribution in [3.8, 4) is 0 Å². The van der Waals surface area contributed by atoms with Crippen molar-refractivity contribution >= 4 is 0 Å². The second-order valence-electron chi connectivity index (χ2n) is 5.51. The zero-order chi connectivity index (χ0) is 13.8. The molecule has 0 fully saturated rings. The van der Waals surface area contributed by atoms with Crippen molar-refractivity contribution in [2.24, 2.45) is 0 Å². The van der Waals surface area contributed by atoms with Gasteiger partial charge in [-0.15, -0.1) is 0 Å². The van der Waals surface area contributed by atoms with E-state index in [0.29, 0.717) is 0 Å². The molecular formula is C18H22N2. The van der Waals surface area contributed by atoms with Crippen LogP contribution in [0.1, 0.15) is 29.2 Å². The second-order valence-corrected chi connectivity index (χ2v) is 5.51. The number of benzene rings is 2. The quantitative estimate of drug-likeness (QED) is 0.893. The summed E-state index contributed by atoms with van der Waals surface area (Å²) in [4.78, 5) is 2.51. The number of hydrogen-bond donors (Lipinski definition) is 1. The minimum atomic E-state index is 0.975. The molecule has 3 rings (SSSR count). The molecule has 1 heterocycles. The molecule has 0 spiro atoms. The minimum Gasteiger partial charge on any atom is -0.313 e. The summed E-state index contributed by atoms with van der Waals surface area (Å²) < 4.78 is 0. The number of nitrogens with zero attached hydrogens (tertiary/aromatic N) is 1. The average molecular weight is 266 g/mol. The average Bonchev–Trinajstić information content (AvgIpc) is 2.87. The molecule has 0 bridgehead atoms. The van der Waals surface area contributed by atoms with Gasteiger partial charge < -0.3 is 5.32 Å². The van der Waals surface area contributed by atoms with E-state index in [1.807, 2.05) is 0 Å². The van der Waals surface area contributed by atoms with Crippen molar-refractivity contribution < 1.29 is 0 Å². The van der Waals surface area contributed by atoms with Crippen LogP contribution in [0.25, 0.3) is 0 Å². The lowest BCUT2D eigenvalue weighted by Gasteiger charge is -2.14. The fraction of sp³-hybridized carbons (Fsp3) is 0.333. The molecule has 2 heteroatoms. The number of hydrogen-bond acceptors (Lipinski definition) is 2. The third-order valence-electron chi connectivity index (χ3n) is 3.89. The summed E-state index contributed by atoms with van der Waals surface area (Å²) in [5.74, 6) is 0. The Labute approximate surface area is 121 Å². The monoisotopic (exact) mass is 266 g/mol. The summed E-state index contributed by atoms with van der Waals surface area (Å²) in [5.41, 5.74) is 5.78. The standard InChI is InChI=1S/C18H22N2/c1-2-19-11-16-8-9-17-13-20(14-18(17)10-16)12-15-6-4-3-5-7-15/h3-10,19H,2,11-14H2,1H3. The van der Waals surface area contributed by atoms with Crippen molar-refractivity contribution in [3.63, 3.8) is 0 Å². The zero-order valence-electron chi connectivity index (χ0n) is 12.1. The topological polar surface area (TPSA) is 15.3 Å². The van der Waals surface area contributed by atoms with Gasteiger partial charge in [0.05, 0.1) is 0 Å². The first-order valence-electron chi connectivity index (χ1n) is 7.43. The predicted octanol–water partition coefficient (Wildman–Crippen LogP) is 3.31. The van der Waals surface area contributed by atoms with E-state index in [2.05, 4.69) is 65.7 Å². The van der Waals surface area contributed by atoms with E-state index >= 15 is 0 Å². The normalized spacial score (nSPS) is 14.4. The van der Waals surface area contributed by atoms with Crippen LogP contribution in [-0.2, 0) is 26.2 Å². The lowest BCUT2D eigenvalue weighted by molar-refractivity contribution is 0.275. The van der Waals surface area contributed by atoms with E-state index in [9.17, 15) is 0 Å². The largest absolute Gasteiger partial charge is 0.313 e. The van der Waals surface area contributed by atoms with Gasteiger partial charge in [-0.2, -0.15) is 0 Å². The fourth-order valence-electron chi connectivity index (χ4n) is 2.85. The highest BCUT2D eigenvalue weighted by atomic mass is 15.1. The molecule has 0 saturated carbocycles. The second kappa shape index (κ2) is 6.21. The number of nitrogens with one attached hydrogen (secondary N) is 1. The Kier molecular flexibility index (Phi) is 4.14. The van der Waals surface area contributed by atoms with Gasteiger partial charge in [-0.25, -0.2) is 0 Å². The van der Waals surface area contributed by atoms with E-state index in [-0.39, 0.29) is 0 Å². The lowest BCUT2D eigenvalue weighted by atomic mass is 10.1. The van der Waals surface area contributed by atoms with Gasteiger partial charge in [-0.05, 0) is 28.8 Å². The van der Waals surface area contributed by atoms with Crippen LogP contribution in [0.15, 0.2) is 48.5 Å². The van der Waals surface area contributed by atoms with Gasteiger partial charge in [0.2, 0.25) is 0 Å². The molecule has 0 aliphatic carbocycles. The van der Waals surface area contributed by atoms with Crippen LogP contribution in [0.4, 0.5) is 0 Å². The molecule has 20 heavy (non-hydrogen) atoms. The molecule has 0 aromatic heterocycles. The predicted molar refractivity (Wildman–Crippen MR) is 83.2 cm³/mol. The van der Waals surface area contributed by atoms with Crippen molar-refractivity contribution in [2.45, 2.75) is 33.1 Å². The molecule has 104 valence electrons. The summed E-state index contributed by atoms with van der Waals surface area (Å²) in [5, 5.41) is 3.39. The molecule has 2 aromatic rings. The number of rotatable bonds is 5. The summed E-state index contributed by atoms with van der Waals surface area (Å²) in [6.45, 7) is 7.34. The molecule has 1 aliphatic heterocycles. The Morgan fingerprint density at radius 2 is 1.75 bits per heavy atom. The van der Waals surface area contributed by atoms with E-state index < -0.39 is 0 Å². The molecule has 0 unspecified atom stereocenters. The van der Waals surface area contributed by atoms with Crippen molar-refractivity contribution in [3.05, 3.63) is 70.8 Å². The fourth-order valence-corrected chi connectivity index (χ4v) is 2.85. The minimum absolute atomic E-state index is 0.975. The molecule has 2 aromatic carbocycles. The highest BCUT2D eigenvalue weighted by Crippen LogP contribution is 2.25. The third kappa shape index (κ3) is 3.09. The summed E-state index contributed by atoms with van der Waals surface area (Å²) >= 11 is 0. The van der Waals surface area contributed by atoms with E-state index in [0.717, 1.165) is 32.7 Å². The Balaban J connectivity index is 1.66. The maximum Gasteiger partial charge on any atom is 0.0244 e. The Morgan fingerprint density at radius 1 is 0.950 bits per heavy atom. The molecule has 0 amide bonds. The Bertz CT molecular complexity index is 563. The van der Waals surface area contributed by atoms with Gasteiger partial charge in [-0.1, -0.05) is 55.5 Å². The maximum atomic E-state index is 3.39. The first-order chi connectivity index (χ1) is 9.85. The van der Waals surface area contributed by atoms with Crippen LogP contribution in [0.2, 0.25) is 0 Å². The highest BCUT2D eigenvalue weighted by molar-refractivity contribution is 5.35. The zero-order valence-corrected chi connectivity index (χ0v) is 12.1. The van der Waals surface area contributed by atoms with Crippen LogP contribution in [0.3, 0.4) is 0 Å². The molecule has 1 N–H and O–H groups in total. The van der Waals surface area contributed by atoms with Crippen LogP contribution in [-0.4, -0.2) is 11.4 Å². The van der Waals surface area contributed by atoms with Gasteiger partial charge in [0, 0.05) is 26.2 Å².